The summed E-state index contributed by atoms with van der Waals surface area (Å²) in [5.74, 6) is 1.10. The molecule has 44 valence electrons. The van der Waals surface area contributed by atoms with Crippen LogP contribution in [0.2, 0.25) is 0 Å². The van der Waals surface area contributed by atoms with Crippen molar-refractivity contribution >= 4 is 34.4 Å². The maximum absolute atomic E-state index is 8.28. The number of hydrogen-bond acceptors (Lipinski definition) is 2. The van der Waals surface area contributed by atoms with E-state index in [-0.39, 0.29) is 0 Å². The Kier molecular flexibility index (Phi) is 8.09. The van der Waals surface area contributed by atoms with Gasteiger partial charge in [0.25, 0.3) is 0 Å². The summed E-state index contributed by atoms with van der Waals surface area (Å²) >= 11 is 4.17. The summed E-state index contributed by atoms with van der Waals surface area (Å²) in [6.07, 6.45) is 0.938. The minimum Gasteiger partial charge on any atom is -0.396 e. The van der Waals surface area contributed by atoms with Gasteiger partial charge in [-0.3, -0.25) is 0 Å². The molecule has 0 atom stereocenters. The number of rotatable bonds is 4. The topological polar surface area (TPSA) is 20.2 Å². The summed E-state index contributed by atoms with van der Waals surface area (Å²) < 4.78 is 1.14. The van der Waals surface area contributed by atoms with Gasteiger partial charge in [-0.05, 0) is 12.2 Å². The van der Waals surface area contributed by atoms with E-state index in [1.54, 1.807) is 0 Å². The summed E-state index contributed by atoms with van der Waals surface area (Å²) in [4.78, 5) is 0. The van der Waals surface area contributed by atoms with Gasteiger partial charge in [0.1, 0.15) is 0 Å². The molecule has 0 spiro atoms. The van der Waals surface area contributed by atoms with Crippen LogP contribution >= 0.6 is 34.4 Å². The summed E-state index contributed by atoms with van der Waals surface area (Å²) in [5.41, 5.74) is 0. The van der Waals surface area contributed by atoms with Crippen molar-refractivity contribution in [2.45, 2.75) is 6.42 Å². The van der Waals surface area contributed by atoms with Crippen LogP contribution in [-0.4, -0.2) is 21.2 Å². The average molecular weight is 232 g/mol. The van der Waals surface area contributed by atoms with Crippen LogP contribution in [0.4, 0.5) is 0 Å². The van der Waals surface area contributed by atoms with Gasteiger partial charge in [-0.2, -0.15) is 11.8 Å². The first-order chi connectivity index (χ1) is 3.41. The lowest BCUT2D eigenvalue weighted by atomic mass is 10.5. The van der Waals surface area contributed by atoms with Gasteiger partial charge in [0.05, 0.1) is 0 Å². The molecule has 0 amide bonds. The fourth-order valence-corrected chi connectivity index (χ4v) is 1.60. The normalized spacial score (nSPS) is 9.43. The monoisotopic (exact) mass is 232 g/mol. The molecule has 0 heterocycles. The highest BCUT2D eigenvalue weighted by Crippen LogP contribution is 2.04. The van der Waals surface area contributed by atoms with Gasteiger partial charge in [0, 0.05) is 10.4 Å². The summed E-state index contributed by atoms with van der Waals surface area (Å²) in [6, 6.07) is 0. The molecule has 0 fully saturated rings. The van der Waals surface area contributed by atoms with Crippen molar-refractivity contribution in [1.82, 2.24) is 0 Å². The van der Waals surface area contributed by atoms with Crippen molar-refractivity contribution in [1.29, 1.82) is 0 Å². The first kappa shape index (κ1) is 8.04. The van der Waals surface area contributed by atoms with Crippen LogP contribution in [-0.2, 0) is 0 Å². The van der Waals surface area contributed by atoms with Crippen LogP contribution in [0.3, 0.4) is 0 Å². The van der Waals surface area contributed by atoms with Crippen molar-refractivity contribution in [2.24, 2.45) is 0 Å². The Morgan fingerprint density at radius 1 is 1.57 bits per heavy atom. The molecule has 1 N–H and O–H groups in total. The lowest BCUT2D eigenvalue weighted by Crippen LogP contribution is -1.83. The summed E-state index contributed by atoms with van der Waals surface area (Å²) in [7, 11) is 0. The number of alkyl halides is 1. The minimum atomic E-state index is 0.337. The van der Waals surface area contributed by atoms with Gasteiger partial charge in [0.2, 0.25) is 0 Å². The van der Waals surface area contributed by atoms with Crippen LogP contribution in [0.1, 0.15) is 6.42 Å². The molecule has 0 radical (unpaired) electrons. The molecule has 0 rings (SSSR count). The van der Waals surface area contributed by atoms with Crippen molar-refractivity contribution < 1.29 is 5.11 Å². The Balaban J connectivity index is 2.45. The molecule has 3 heteroatoms. The molecule has 7 heavy (non-hydrogen) atoms. The Bertz CT molecular complexity index is 30.9. The molecule has 0 bridgehead atoms. The zero-order valence-corrected chi connectivity index (χ0v) is 7.04. The molecule has 0 unspecified atom stereocenters. The maximum atomic E-state index is 8.28. The van der Waals surface area contributed by atoms with Gasteiger partial charge in [0.15, 0.2) is 0 Å². The fourth-order valence-electron chi connectivity index (χ4n) is 0.221. The van der Waals surface area contributed by atoms with E-state index in [0.717, 1.165) is 15.9 Å². The number of hydrogen-bond donors (Lipinski definition) is 1. The van der Waals surface area contributed by atoms with Gasteiger partial charge < -0.3 is 5.11 Å². The predicted molar refractivity (Wildman–Crippen MR) is 43.0 cm³/mol. The first-order valence-electron chi connectivity index (χ1n) is 2.16. The molecule has 1 nitrogen and oxygen atoms in total. The smallest absolute Gasteiger partial charge is 0.0454 e. The first-order valence-corrected chi connectivity index (χ1v) is 4.84. The Labute approximate surface area is 62.0 Å². The molecule has 0 saturated heterocycles. The SMILES string of the molecule is OCCCSCI. The fraction of sp³-hybridized carbons (Fsp3) is 1.00. The number of aliphatic hydroxyl groups excluding tert-OH is 1. The molecule has 0 aromatic heterocycles. The minimum absolute atomic E-state index is 0.337. The van der Waals surface area contributed by atoms with Gasteiger partial charge in [-0.15, -0.1) is 0 Å². The van der Waals surface area contributed by atoms with E-state index in [1.807, 2.05) is 11.8 Å². The predicted octanol–water partition coefficient (Wildman–Crippen LogP) is 1.49. The van der Waals surface area contributed by atoms with Crippen molar-refractivity contribution in [3.05, 3.63) is 0 Å². The quantitative estimate of drug-likeness (QED) is 0.450. The van der Waals surface area contributed by atoms with Crippen molar-refractivity contribution in [2.75, 3.05) is 16.1 Å². The number of halogens is 1. The third kappa shape index (κ3) is 7.04. The second kappa shape index (κ2) is 7.04. The Hall–Kier alpha value is 1.04. The van der Waals surface area contributed by atoms with Gasteiger partial charge in [-0.1, -0.05) is 22.6 Å². The average Bonchev–Trinajstić information content (AvgIpc) is 1.69. The van der Waals surface area contributed by atoms with Crippen molar-refractivity contribution in [3.8, 4) is 0 Å². The second-order valence-corrected chi connectivity index (χ2v) is 4.00. The highest BCUT2D eigenvalue weighted by atomic mass is 127. The van der Waals surface area contributed by atoms with E-state index in [0.29, 0.717) is 6.61 Å². The van der Waals surface area contributed by atoms with Gasteiger partial charge in [-0.25, -0.2) is 0 Å². The summed E-state index contributed by atoms with van der Waals surface area (Å²) in [6.45, 7) is 0.337. The molecule has 0 aliphatic rings. The van der Waals surface area contributed by atoms with Gasteiger partial charge >= 0.3 is 0 Å². The zero-order chi connectivity index (χ0) is 5.54. The Morgan fingerprint density at radius 3 is 2.71 bits per heavy atom. The second-order valence-electron chi connectivity index (χ2n) is 1.09. The van der Waals surface area contributed by atoms with E-state index in [4.69, 9.17) is 5.11 Å². The van der Waals surface area contributed by atoms with E-state index < -0.39 is 0 Å². The molecule has 0 saturated carbocycles. The van der Waals surface area contributed by atoms with Crippen LogP contribution in [0.5, 0.6) is 0 Å². The Morgan fingerprint density at radius 2 is 2.29 bits per heavy atom. The number of thioether (sulfide) groups is 1. The standard InChI is InChI=1S/C4H9IOS/c5-4-7-3-1-2-6/h6H,1-4H2. The molecule has 0 aliphatic carbocycles. The highest BCUT2D eigenvalue weighted by molar-refractivity contribution is 14.1. The lowest BCUT2D eigenvalue weighted by Gasteiger charge is -1.90. The van der Waals surface area contributed by atoms with Crippen LogP contribution in [0.25, 0.3) is 0 Å². The molecular formula is C4H9IOS. The largest absolute Gasteiger partial charge is 0.396 e. The van der Waals surface area contributed by atoms with E-state index >= 15 is 0 Å². The molecule has 0 aliphatic heterocycles. The van der Waals surface area contributed by atoms with E-state index in [1.165, 1.54) is 0 Å². The zero-order valence-electron chi connectivity index (χ0n) is 4.06. The highest BCUT2D eigenvalue weighted by Gasteiger charge is 1.81. The summed E-state index contributed by atoms with van der Waals surface area (Å²) in [5, 5.41) is 8.28. The van der Waals surface area contributed by atoms with E-state index in [2.05, 4.69) is 22.6 Å². The van der Waals surface area contributed by atoms with Crippen LogP contribution in [0, 0.1) is 0 Å². The third-order valence-corrected chi connectivity index (χ3v) is 2.58. The lowest BCUT2D eigenvalue weighted by molar-refractivity contribution is 0.296. The maximum Gasteiger partial charge on any atom is 0.0454 e. The molecule has 0 aromatic carbocycles. The molecular weight excluding hydrogens is 223 g/mol. The van der Waals surface area contributed by atoms with Crippen LogP contribution in [0.15, 0.2) is 0 Å². The van der Waals surface area contributed by atoms with Crippen LogP contribution < -0.4 is 0 Å². The van der Waals surface area contributed by atoms with Crippen molar-refractivity contribution in [3.63, 3.8) is 0 Å². The third-order valence-electron chi connectivity index (χ3n) is 0.524. The van der Waals surface area contributed by atoms with E-state index in [9.17, 15) is 0 Å². The number of aliphatic hydroxyl groups is 1. The molecule has 0 aromatic rings.